The largest absolute Gasteiger partial charge is 0.381 e. The Morgan fingerprint density at radius 2 is 1.89 bits per heavy atom. The average Bonchev–Trinajstić information content (AvgIpc) is 2.76. The van der Waals surface area contributed by atoms with E-state index in [0.717, 1.165) is 31.6 Å². The molecule has 0 aliphatic carbocycles. The third kappa shape index (κ3) is 2.38. The summed E-state index contributed by atoms with van der Waals surface area (Å²) in [6.45, 7) is 3.59. The Balaban J connectivity index is 1.79. The number of amides is 1. The van der Waals surface area contributed by atoms with Crippen LogP contribution >= 0.6 is 0 Å². The molecule has 2 atom stereocenters. The zero-order chi connectivity index (χ0) is 13.2. The van der Waals surface area contributed by atoms with Crippen LogP contribution < -0.4 is 5.32 Å². The van der Waals surface area contributed by atoms with Crippen molar-refractivity contribution in [2.45, 2.75) is 38.0 Å². The van der Waals surface area contributed by atoms with Crippen molar-refractivity contribution in [3.63, 3.8) is 0 Å². The summed E-state index contributed by atoms with van der Waals surface area (Å²) in [7, 11) is 0. The van der Waals surface area contributed by atoms with Gasteiger partial charge in [-0.2, -0.15) is 0 Å². The number of carbonyl (C=O) groups excluding carboxylic acids is 1. The van der Waals surface area contributed by atoms with Crippen molar-refractivity contribution in [2.75, 3.05) is 13.2 Å². The molecule has 1 aromatic rings. The highest BCUT2D eigenvalue weighted by Crippen LogP contribution is 2.28. The molecule has 0 radical (unpaired) electrons. The van der Waals surface area contributed by atoms with Gasteiger partial charge in [0.1, 0.15) is 6.04 Å². The van der Waals surface area contributed by atoms with Crippen LogP contribution in [0.5, 0.6) is 0 Å². The van der Waals surface area contributed by atoms with E-state index in [1.54, 1.807) is 0 Å². The van der Waals surface area contributed by atoms with Crippen LogP contribution in [-0.2, 0) is 9.53 Å². The van der Waals surface area contributed by atoms with Crippen LogP contribution in [0.4, 0.5) is 0 Å². The third-order valence-electron chi connectivity index (χ3n) is 4.04. The number of rotatable bonds is 2. The number of nitrogens with one attached hydrogen (secondary N) is 1. The second kappa shape index (κ2) is 5.31. The lowest BCUT2D eigenvalue weighted by molar-refractivity contribution is -0.134. The number of hydrogen-bond donors (Lipinski definition) is 1. The standard InChI is InChI=1S/C15H20N2O2/c1-11-16-14(12-5-3-2-4-6-12)15(18)17(11)13-7-9-19-10-8-13/h2-6,11,13-14,16H,7-10H2,1H3. The summed E-state index contributed by atoms with van der Waals surface area (Å²) in [5.74, 6) is 0.200. The summed E-state index contributed by atoms with van der Waals surface area (Å²) in [6.07, 6.45) is 1.99. The van der Waals surface area contributed by atoms with Gasteiger partial charge < -0.3 is 9.64 Å². The lowest BCUT2D eigenvalue weighted by Crippen LogP contribution is -2.45. The lowest BCUT2D eigenvalue weighted by atomic mass is 10.0. The Kier molecular flexibility index (Phi) is 3.53. The van der Waals surface area contributed by atoms with Crippen LogP contribution in [0.25, 0.3) is 0 Å². The van der Waals surface area contributed by atoms with Gasteiger partial charge in [-0.15, -0.1) is 0 Å². The van der Waals surface area contributed by atoms with Crippen molar-refractivity contribution in [1.29, 1.82) is 0 Å². The Morgan fingerprint density at radius 1 is 1.21 bits per heavy atom. The quantitative estimate of drug-likeness (QED) is 0.879. The maximum Gasteiger partial charge on any atom is 0.245 e. The van der Waals surface area contributed by atoms with Gasteiger partial charge in [0.2, 0.25) is 5.91 Å². The van der Waals surface area contributed by atoms with E-state index in [-0.39, 0.29) is 18.1 Å². The van der Waals surface area contributed by atoms with E-state index < -0.39 is 0 Å². The first kappa shape index (κ1) is 12.6. The van der Waals surface area contributed by atoms with E-state index in [9.17, 15) is 4.79 Å². The highest BCUT2D eigenvalue weighted by molar-refractivity contribution is 5.86. The molecular weight excluding hydrogens is 240 g/mol. The number of benzene rings is 1. The maximum atomic E-state index is 12.6. The van der Waals surface area contributed by atoms with Crippen molar-refractivity contribution >= 4 is 5.91 Å². The van der Waals surface area contributed by atoms with Crippen LogP contribution in [0, 0.1) is 0 Å². The summed E-state index contributed by atoms with van der Waals surface area (Å²) >= 11 is 0. The van der Waals surface area contributed by atoms with Crippen LogP contribution in [0.3, 0.4) is 0 Å². The molecule has 2 aliphatic rings. The highest BCUT2D eigenvalue weighted by Gasteiger charge is 2.41. The third-order valence-corrected chi connectivity index (χ3v) is 4.04. The number of hydrogen-bond acceptors (Lipinski definition) is 3. The fourth-order valence-corrected chi connectivity index (χ4v) is 3.08. The Bertz CT molecular complexity index is 443. The molecule has 2 heterocycles. The first-order chi connectivity index (χ1) is 9.27. The van der Waals surface area contributed by atoms with E-state index in [4.69, 9.17) is 4.74 Å². The zero-order valence-corrected chi connectivity index (χ0v) is 11.2. The molecular formula is C15H20N2O2. The smallest absolute Gasteiger partial charge is 0.245 e. The van der Waals surface area contributed by atoms with Gasteiger partial charge in [-0.1, -0.05) is 30.3 Å². The summed E-state index contributed by atoms with van der Waals surface area (Å²) in [4.78, 5) is 14.7. The molecule has 2 saturated heterocycles. The average molecular weight is 260 g/mol. The molecule has 0 saturated carbocycles. The summed E-state index contributed by atoms with van der Waals surface area (Å²) in [6, 6.07) is 10.1. The molecule has 102 valence electrons. The van der Waals surface area contributed by atoms with Gasteiger partial charge in [-0.3, -0.25) is 10.1 Å². The fraction of sp³-hybridized carbons (Fsp3) is 0.533. The predicted octanol–water partition coefficient (Wildman–Crippen LogP) is 1.68. The monoisotopic (exact) mass is 260 g/mol. The second-order valence-corrected chi connectivity index (χ2v) is 5.28. The Hall–Kier alpha value is -1.39. The second-order valence-electron chi connectivity index (χ2n) is 5.28. The molecule has 3 rings (SSSR count). The molecule has 19 heavy (non-hydrogen) atoms. The van der Waals surface area contributed by atoms with Gasteiger partial charge in [0.15, 0.2) is 0 Å². The first-order valence-corrected chi connectivity index (χ1v) is 6.98. The topological polar surface area (TPSA) is 41.6 Å². The van der Waals surface area contributed by atoms with E-state index in [0.29, 0.717) is 6.04 Å². The molecule has 1 amide bonds. The van der Waals surface area contributed by atoms with Gasteiger partial charge in [0, 0.05) is 19.3 Å². The van der Waals surface area contributed by atoms with E-state index >= 15 is 0 Å². The molecule has 4 heteroatoms. The van der Waals surface area contributed by atoms with Crippen molar-refractivity contribution in [2.24, 2.45) is 0 Å². The molecule has 0 spiro atoms. The molecule has 4 nitrogen and oxygen atoms in total. The van der Waals surface area contributed by atoms with Gasteiger partial charge in [-0.05, 0) is 25.3 Å². The normalized spacial score (nSPS) is 28.9. The van der Waals surface area contributed by atoms with E-state index in [1.165, 1.54) is 0 Å². The predicted molar refractivity (Wildman–Crippen MR) is 72.5 cm³/mol. The molecule has 0 aromatic heterocycles. The molecule has 2 fully saturated rings. The van der Waals surface area contributed by atoms with E-state index in [2.05, 4.69) is 12.2 Å². The van der Waals surface area contributed by atoms with Crippen molar-refractivity contribution < 1.29 is 9.53 Å². The van der Waals surface area contributed by atoms with Crippen LogP contribution in [-0.4, -0.2) is 36.2 Å². The number of carbonyl (C=O) groups is 1. The van der Waals surface area contributed by atoms with Crippen molar-refractivity contribution in [3.05, 3.63) is 35.9 Å². The minimum atomic E-state index is -0.195. The van der Waals surface area contributed by atoms with Gasteiger partial charge in [0.25, 0.3) is 0 Å². The Labute approximate surface area is 113 Å². The summed E-state index contributed by atoms with van der Waals surface area (Å²) in [5.41, 5.74) is 1.05. The lowest BCUT2D eigenvalue weighted by Gasteiger charge is -2.33. The molecule has 0 bridgehead atoms. The summed E-state index contributed by atoms with van der Waals surface area (Å²) < 4.78 is 5.38. The van der Waals surface area contributed by atoms with Gasteiger partial charge in [-0.25, -0.2) is 0 Å². The van der Waals surface area contributed by atoms with Crippen molar-refractivity contribution in [3.8, 4) is 0 Å². The summed E-state index contributed by atoms with van der Waals surface area (Å²) in [5, 5.41) is 3.40. The van der Waals surface area contributed by atoms with Crippen molar-refractivity contribution in [1.82, 2.24) is 10.2 Å². The molecule has 1 aromatic carbocycles. The zero-order valence-electron chi connectivity index (χ0n) is 11.2. The number of ether oxygens (including phenoxy) is 1. The maximum absolute atomic E-state index is 12.6. The highest BCUT2D eigenvalue weighted by atomic mass is 16.5. The van der Waals surface area contributed by atoms with Crippen LogP contribution in [0.2, 0.25) is 0 Å². The molecule has 1 N–H and O–H groups in total. The van der Waals surface area contributed by atoms with Crippen LogP contribution in [0.15, 0.2) is 30.3 Å². The van der Waals surface area contributed by atoms with Gasteiger partial charge in [0.05, 0.1) is 6.17 Å². The SMILES string of the molecule is CC1NC(c2ccccc2)C(=O)N1C1CCOCC1. The number of nitrogens with zero attached hydrogens (tertiary/aromatic N) is 1. The van der Waals surface area contributed by atoms with E-state index in [1.807, 2.05) is 35.2 Å². The van der Waals surface area contributed by atoms with Crippen LogP contribution in [0.1, 0.15) is 31.4 Å². The Morgan fingerprint density at radius 3 is 2.58 bits per heavy atom. The molecule has 2 aliphatic heterocycles. The van der Waals surface area contributed by atoms with Gasteiger partial charge >= 0.3 is 0 Å². The fourth-order valence-electron chi connectivity index (χ4n) is 3.08. The minimum Gasteiger partial charge on any atom is -0.381 e. The minimum absolute atomic E-state index is 0.0980. The first-order valence-electron chi connectivity index (χ1n) is 6.98. The molecule has 2 unspecified atom stereocenters.